The molecule has 116 valence electrons. The van der Waals surface area contributed by atoms with Gasteiger partial charge in [0, 0.05) is 17.4 Å². The Kier molecular flexibility index (Phi) is 4.66. The van der Waals surface area contributed by atoms with Crippen LogP contribution in [0.2, 0.25) is 0 Å². The number of carbonyl (C=O) groups excluding carboxylic acids is 1. The molecule has 0 spiro atoms. The Morgan fingerprint density at radius 1 is 1.52 bits per heavy atom. The lowest BCUT2D eigenvalue weighted by Gasteiger charge is -2.22. The summed E-state index contributed by atoms with van der Waals surface area (Å²) in [7, 11) is -3.12. The van der Waals surface area contributed by atoms with Crippen LogP contribution >= 0.6 is 15.9 Å². The summed E-state index contributed by atoms with van der Waals surface area (Å²) < 4.78 is 44.6. The summed E-state index contributed by atoms with van der Waals surface area (Å²) in [5.41, 5.74) is 0. The van der Waals surface area contributed by atoms with Crippen molar-refractivity contribution in [3.05, 3.63) is 28.5 Å². The lowest BCUT2D eigenvalue weighted by molar-refractivity contribution is -0.144. The maximum absolute atomic E-state index is 13.9. The van der Waals surface area contributed by atoms with Crippen molar-refractivity contribution in [1.82, 2.24) is 4.31 Å². The molecule has 9 heteroatoms. The first kappa shape index (κ1) is 16.3. The summed E-state index contributed by atoms with van der Waals surface area (Å²) in [6, 6.07) is 2.36. The average Bonchev–Trinajstić information content (AvgIpc) is 2.80. The summed E-state index contributed by atoms with van der Waals surface area (Å²) in [6.07, 6.45) is -1.08. The molecule has 1 heterocycles. The molecule has 0 aliphatic carbocycles. The van der Waals surface area contributed by atoms with Gasteiger partial charge in [0.15, 0.2) is 0 Å². The highest BCUT2D eigenvalue weighted by Gasteiger charge is 2.44. The number of sulfonamides is 1. The fourth-order valence-electron chi connectivity index (χ4n) is 2.21. The predicted octanol–water partition coefficient (Wildman–Crippen LogP) is 0.885. The highest BCUT2D eigenvalue weighted by Crippen LogP contribution is 2.29. The zero-order chi connectivity index (χ0) is 15.8. The van der Waals surface area contributed by atoms with E-state index in [0.29, 0.717) is 4.47 Å². The number of hydrogen-bond acceptors (Lipinski definition) is 5. The number of benzene rings is 1. The molecule has 1 aromatic carbocycles. The highest BCUT2D eigenvalue weighted by atomic mass is 79.9. The van der Waals surface area contributed by atoms with Crippen LogP contribution in [0.1, 0.15) is 6.42 Å². The average molecular weight is 382 g/mol. The van der Waals surface area contributed by atoms with Gasteiger partial charge in [0.1, 0.15) is 16.8 Å². The Bertz CT molecular complexity index is 666. The molecule has 0 bridgehead atoms. The third-order valence-electron chi connectivity index (χ3n) is 3.19. The molecule has 1 saturated heterocycles. The van der Waals surface area contributed by atoms with Gasteiger partial charge < -0.3 is 9.84 Å². The van der Waals surface area contributed by atoms with Gasteiger partial charge in [-0.2, -0.15) is 4.31 Å². The van der Waals surface area contributed by atoms with Crippen molar-refractivity contribution < 1.29 is 27.4 Å². The number of methoxy groups -OCH3 is 1. The molecule has 1 aliphatic rings. The quantitative estimate of drug-likeness (QED) is 0.785. The predicted molar refractivity (Wildman–Crippen MR) is 74.4 cm³/mol. The first-order valence-electron chi connectivity index (χ1n) is 6.00. The fraction of sp³-hybridized carbons (Fsp3) is 0.417. The van der Waals surface area contributed by atoms with Crippen molar-refractivity contribution >= 4 is 31.9 Å². The topological polar surface area (TPSA) is 83.9 Å². The third kappa shape index (κ3) is 3.10. The molecule has 0 unspecified atom stereocenters. The molecule has 0 radical (unpaired) electrons. The van der Waals surface area contributed by atoms with E-state index in [1.165, 1.54) is 6.07 Å². The van der Waals surface area contributed by atoms with E-state index >= 15 is 0 Å². The smallest absolute Gasteiger partial charge is 0.324 e. The van der Waals surface area contributed by atoms with Crippen molar-refractivity contribution in [3.63, 3.8) is 0 Å². The molecule has 2 rings (SSSR count). The largest absolute Gasteiger partial charge is 0.468 e. The summed E-state index contributed by atoms with van der Waals surface area (Å²) in [4.78, 5) is 11.1. The van der Waals surface area contributed by atoms with Crippen molar-refractivity contribution in [1.29, 1.82) is 0 Å². The molecule has 1 fully saturated rings. The number of aliphatic hydroxyl groups is 1. The number of halogens is 2. The summed E-state index contributed by atoms with van der Waals surface area (Å²) >= 11 is 3.04. The maximum atomic E-state index is 13.9. The van der Waals surface area contributed by atoms with Crippen molar-refractivity contribution in [2.75, 3.05) is 13.7 Å². The van der Waals surface area contributed by atoms with Crippen LogP contribution in [-0.4, -0.2) is 49.6 Å². The molecule has 21 heavy (non-hydrogen) atoms. The van der Waals surface area contributed by atoms with Gasteiger partial charge in [-0.3, -0.25) is 4.79 Å². The zero-order valence-electron chi connectivity index (χ0n) is 11.0. The lowest BCUT2D eigenvalue weighted by atomic mass is 10.2. The number of rotatable bonds is 3. The van der Waals surface area contributed by atoms with Crippen LogP contribution in [0.3, 0.4) is 0 Å². The van der Waals surface area contributed by atoms with Gasteiger partial charge in [-0.15, -0.1) is 0 Å². The molecular weight excluding hydrogens is 369 g/mol. The highest BCUT2D eigenvalue weighted by molar-refractivity contribution is 9.10. The minimum Gasteiger partial charge on any atom is -0.468 e. The number of hydrogen-bond donors (Lipinski definition) is 1. The van der Waals surface area contributed by atoms with E-state index in [1.807, 2.05) is 0 Å². The van der Waals surface area contributed by atoms with Crippen LogP contribution < -0.4 is 0 Å². The lowest BCUT2D eigenvalue weighted by Crippen LogP contribution is -2.41. The third-order valence-corrected chi connectivity index (χ3v) is 5.59. The molecule has 1 aliphatic heterocycles. The van der Waals surface area contributed by atoms with Gasteiger partial charge in [0.2, 0.25) is 10.0 Å². The van der Waals surface area contributed by atoms with Crippen LogP contribution in [0.25, 0.3) is 0 Å². The van der Waals surface area contributed by atoms with Crippen molar-refractivity contribution in [2.24, 2.45) is 0 Å². The second-order valence-electron chi connectivity index (χ2n) is 4.58. The Morgan fingerprint density at radius 3 is 2.76 bits per heavy atom. The van der Waals surface area contributed by atoms with E-state index in [4.69, 9.17) is 0 Å². The normalized spacial score (nSPS) is 23.2. The molecule has 0 aromatic heterocycles. The molecule has 6 nitrogen and oxygen atoms in total. The number of ether oxygens (including phenoxy) is 1. The van der Waals surface area contributed by atoms with Crippen molar-refractivity contribution in [2.45, 2.75) is 23.5 Å². The van der Waals surface area contributed by atoms with Crippen LogP contribution in [0, 0.1) is 5.82 Å². The Morgan fingerprint density at radius 2 is 2.19 bits per heavy atom. The Hall–Kier alpha value is -1.03. The van der Waals surface area contributed by atoms with Gasteiger partial charge in [0.05, 0.1) is 13.2 Å². The molecule has 0 amide bonds. The van der Waals surface area contributed by atoms with Crippen LogP contribution in [0.15, 0.2) is 27.6 Å². The number of β-amino-alcohol motifs (C(OH)–C–C–N with tert-alkyl or cyclic N) is 1. The standard InChI is InChI=1S/C12H13BrFNO5S/c1-20-12(17)10-5-8(16)6-15(10)21(18,19)11-3-2-7(13)4-9(11)14/h2-4,8,10,16H,5-6H2,1H3/t8-,10+/m0/s1. The number of aliphatic hydroxyl groups excluding tert-OH is 1. The molecule has 2 atom stereocenters. The molecule has 0 saturated carbocycles. The number of nitrogens with zero attached hydrogens (tertiary/aromatic N) is 1. The SMILES string of the molecule is COC(=O)[C@H]1C[C@H](O)CN1S(=O)(=O)c1ccc(Br)cc1F. The monoisotopic (exact) mass is 381 g/mol. The number of esters is 1. The Balaban J connectivity index is 2.44. The second-order valence-corrected chi connectivity index (χ2v) is 7.35. The van der Waals surface area contributed by atoms with E-state index in [1.54, 1.807) is 0 Å². The van der Waals surface area contributed by atoms with Gasteiger partial charge in [-0.05, 0) is 18.2 Å². The van der Waals surface area contributed by atoms with Gasteiger partial charge in [-0.25, -0.2) is 12.8 Å². The van der Waals surface area contributed by atoms with Crippen LogP contribution in [0.5, 0.6) is 0 Å². The van der Waals surface area contributed by atoms with Crippen molar-refractivity contribution in [3.8, 4) is 0 Å². The number of carbonyl (C=O) groups is 1. The van der Waals surface area contributed by atoms with E-state index in [9.17, 15) is 22.7 Å². The minimum atomic E-state index is -4.25. The zero-order valence-corrected chi connectivity index (χ0v) is 13.4. The van der Waals surface area contributed by atoms with Crippen LogP contribution in [-0.2, 0) is 19.6 Å². The minimum absolute atomic E-state index is 0.0793. The first-order chi connectivity index (χ1) is 9.77. The second kappa shape index (κ2) is 5.99. The summed E-state index contributed by atoms with van der Waals surface area (Å²) in [5, 5.41) is 9.62. The van der Waals surface area contributed by atoms with E-state index in [0.717, 1.165) is 23.5 Å². The summed E-state index contributed by atoms with van der Waals surface area (Å²) in [6.45, 7) is -0.280. The summed E-state index contributed by atoms with van der Waals surface area (Å²) in [5.74, 6) is -1.72. The maximum Gasteiger partial charge on any atom is 0.324 e. The van der Waals surface area contributed by atoms with Gasteiger partial charge in [-0.1, -0.05) is 15.9 Å². The first-order valence-corrected chi connectivity index (χ1v) is 8.23. The Labute approximate surface area is 129 Å². The van der Waals surface area contributed by atoms with Gasteiger partial charge >= 0.3 is 5.97 Å². The van der Waals surface area contributed by atoms with Crippen LogP contribution in [0.4, 0.5) is 4.39 Å². The van der Waals surface area contributed by atoms with E-state index in [-0.39, 0.29) is 13.0 Å². The fourth-order valence-corrected chi connectivity index (χ4v) is 4.22. The van der Waals surface area contributed by atoms with E-state index in [2.05, 4.69) is 20.7 Å². The molecular formula is C12H13BrFNO5S. The molecule has 1 aromatic rings. The molecule has 1 N–H and O–H groups in total. The van der Waals surface area contributed by atoms with Gasteiger partial charge in [0.25, 0.3) is 0 Å². The van der Waals surface area contributed by atoms with E-state index < -0.39 is 38.9 Å².